The number of ether oxygens (including phenoxy) is 1. The molecule has 0 bridgehead atoms. The zero-order valence-corrected chi connectivity index (χ0v) is 19.7. The van der Waals surface area contributed by atoms with Crippen LogP contribution in [-0.4, -0.2) is 65.2 Å². The Hall–Kier alpha value is -2.25. The SMILES string of the molecule is CCc1ccc(C2CC(c3nc(CN4CCOCC4)no3)CN(C(=O)C3CCCC3)C2)cc1. The van der Waals surface area contributed by atoms with Crippen molar-refractivity contribution in [2.45, 2.75) is 63.8 Å². The molecule has 7 nitrogen and oxygen atoms in total. The number of hydrogen-bond donors (Lipinski definition) is 0. The fourth-order valence-corrected chi connectivity index (χ4v) is 5.61. The minimum absolute atomic E-state index is 0.0749. The lowest BCUT2D eigenvalue weighted by Gasteiger charge is -2.38. The van der Waals surface area contributed by atoms with Crippen molar-refractivity contribution in [3.8, 4) is 0 Å². The topological polar surface area (TPSA) is 71.7 Å². The van der Waals surface area contributed by atoms with Gasteiger partial charge in [-0.3, -0.25) is 9.69 Å². The number of benzene rings is 1. The molecule has 0 N–H and O–H groups in total. The van der Waals surface area contributed by atoms with Gasteiger partial charge in [-0.05, 0) is 36.8 Å². The number of rotatable bonds is 6. The van der Waals surface area contributed by atoms with Gasteiger partial charge in [0.1, 0.15) is 0 Å². The van der Waals surface area contributed by atoms with Crippen molar-refractivity contribution in [1.82, 2.24) is 19.9 Å². The summed E-state index contributed by atoms with van der Waals surface area (Å²) in [5.41, 5.74) is 2.64. The van der Waals surface area contributed by atoms with Crippen molar-refractivity contribution in [1.29, 1.82) is 0 Å². The number of nitrogens with zero attached hydrogens (tertiary/aromatic N) is 4. The lowest BCUT2D eigenvalue weighted by molar-refractivity contribution is -0.137. The summed E-state index contributed by atoms with van der Waals surface area (Å²) < 4.78 is 11.2. The Morgan fingerprint density at radius 3 is 2.52 bits per heavy atom. The van der Waals surface area contributed by atoms with Crippen LogP contribution in [0.25, 0.3) is 0 Å². The molecular weight excluding hydrogens is 416 g/mol. The molecule has 1 aromatic heterocycles. The average Bonchev–Trinajstić information content (AvgIpc) is 3.57. The van der Waals surface area contributed by atoms with Crippen molar-refractivity contribution in [3.63, 3.8) is 0 Å². The lowest BCUT2D eigenvalue weighted by Crippen LogP contribution is -2.44. The van der Waals surface area contributed by atoms with Crippen molar-refractivity contribution in [2.75, 3.05) is 39.4 Å². The van der Waals surface area contributed by atoms with E-state index in [1.54, 1.807) is 0 Å². The first-order valence-electron chi connectivity index (χ1n) is 12.7. The van der Waals surface area contributed by atoms with Crippen LogP contribution in [0.4, 0.5) is 0 Å². The predicted molar refractivity (Wildman–Crippen MR) is 125 cm³/mol. The predicted octanol–water partition coefficient (Wildman–Crippen LogP) is 3.75. The van der Waals surface area contributed by atoms with E-state index in [1.165, 1.54) is 24.0 Å². The molecule has 1 amide bonds. The maximum absolute atomic E-state index is 13.4. The molecule has 3 aliphatic rings. The molecule has 2 aliphatic heterocycles. The summed E-state index contributed by atoms with van der Waals surface area (Å²) >= 11 is 0. The highest BCUT2D eigenvalue weighted by Gasteiger charge is 2.37. The zero-order valence-electron chi connectivity index (χ0n) is 19.7. The number of aryl methyl sites for hydroxylation is 1. The summed E-state index contributed by atoms with van der Waals surface area (Å²) in [7, 11) is 0. The van der Waals surface area contributed by atoms with E-state index in [-0.39, 0.29) is 17.8 Å². The molecule has 3 fully saturated rings. The van der Waals surface area contributed by atoms with Gasteiger partial charge >= 0.3 is 0 Å². The van der Waals surface area contributed by atoms with Crippen LogP contribution in [0.3, 0.4) is 0 Å². The van der Waals surface area contributed by atoms with E-state index in [1.807, 2.05) is 0 Å². The molecule has 1 aliphatic carbocycles. The fraction of sp³-hybridized carbons (Fsp3) is 0.654. The monoisotopic (exact) mass is 452 g/mol. The van der Waals surface area contributed by atoms with Gasteiger partial charge in [0, 0.05) is 38.0 Å². The smallest absolute Gasteiger partial charge is 0.231 e. The van der Waals surface area contributed by atoms with Crippen molar-refractivity contribution < 1.29 is 14.1 Å². The van der Waals surface area contributed by atoms with Crippen LogP contribution in [-0.2, 0) is 22.5 Å². The molecule has 2 unspecified atom stereocenters. The number of likely N-dealkylation sites (tertiary alicyclic amines) is 1. The van der Waals surface area contributed by atoms with E-state index in [9.17, 15) is 4.79 Å². The van der Waals surface area contributed by atoms with Crippen molar-refractivity contribution in [3.05, 3.63) is 47.1 Å². The van der Waals surface area contributed by atoms with Crippen LogP contribution in [0.15, 0.2) is 28.8 Å². The molecule has 0 radical (unpaired) electrons. The van der Waals surface area contributed by atoms with Gasteiger partial charge in [0.15, 0.2) is 5.82 Å². The van der Waals surface area contributed by atoms with E-state index >= 15 is 0 Å². The largest absolute Gasteiger partial charge is 0.379 e. The van der Waals surface area contributed by atoms with E-state index in [0.29, 0.717) is 24.9 Å². The minimum Gasteiger partial charge on any atom is -0.379 e. The summed E-state index contributed by atoms with van der Waals surface area (Å²) in [5.74, 6) is 2.28. The van der Waals surface area contributed by atoms with Gasteiger partial charge in [0.25, 0.3) is 0 Å². The maximum atomic E-state index is 13.4. The highest BCUT2D eigenvalue weighted by atomic mass is 16.5. The second-order valence-electron chi connectivity index (χ2n) is 9.89. The Kier molecular flexibility index (Phi) is 7.07. The first-order valence-corrected chi connectivity index (χ1v) is 12.7. The first-order chi connectivity index (χ1) is 16.2. The van der Waals surface area contributed by atoms with Crippen LogP contribution in [0.1, 0.15) is 73.7 Å². The van der Waals surface area contributed by atoms with Crippen molar-refractivity contribution >= 4 is 5.91 Å². The molecule has 178 valence electrons. The highest BCUT2D eigenvalue weighted by Crippen LogP contribution is 2.37. The van der Waals surface area contributed by atoms with E-state index < -0.39 is 0 Å². The molecule has 2 saturated heterocycles. The Labute approximate surface area is 196 Å². The third kappa shape index (κ3) is 5.30. The second-order valence-corrected chi connectivity index (χ2v) is 9.89. The number of hydrogen-bond acceptors (Lipinski definition) is 6. The van der Waals surface area contributed by atoms with E-state index in [2.05, 4.69) is 46.1 Å². The maximum Gasteiger partial charge on any atom is 0.231 e. The molecule has 7 heteroatoms. The summed E-state index contributed by atoms with van der Waals surface area (Å²) in [4.78, 5) is 22.5. The zero-order chi connectivity index (χ0) is 22.6. The lowest BCUT2D eigenvalue weighted by atomic mass is 9.83. The van der Waals surface area contributed by atoms with Gasteiger partial charge in [0.2, 0.25) is 11.8 Å². The standard InChI is InChI=1S/C26H36N4O3/c1-2-19-7-9-20(10-8-19)22-15-23(17-30(16-22)26(31)21-5-3-4-6-21)25-27-24(28-33-25)18-29-11-13-32-14-12-29/h7-10,21-23H,2-6,11-18H2,1H3. The number of aromatic nitrogens is 2. The van der Waals surface area contributed by atoms with Crippen LogP contribution in [0.5, 0.6) is 0 Å². The Morgan fingerprint density at radius 2 is 1.79 bits per heavy atom. The van der Waals surface area contributed by atoms with E-state index in [4.69, 9.17) is 14.2 Å². The van der Waals surface area contributed by atoms with Gasteiger partial charge in [-0.25, -0.2) is 0 Å². The van der Waals surface area contributed by atoms with E-state index in [0.717, 1.165) is 64.4 Å². The summed E-state index contributed by atoms with van der Waals surface area (Å²) in [6, 6.07) is 8.91. The molecule has 1 aromatic carbocycles. The summed E-state index contributed by atoms with van der Waals surface area (Å²) in [5, 5.41) is 4.28. The summed E-state index contributed by atoms with van der Waals surface area (Å²) in [6.45, 7) is 7.63. The normalized spacial score (nSPS) is 24.9. The average molecular weight is 453 g/mol. The fourth-order valence-electron chi connectivity index (χ4n) is 5.61. The number of amides is 1. The molecule has 3 heterocycles. The van der Waals surface area contributed by atoms with Gasteiger partial charge in [-0.1, -0.05) is 49.2 Å². The van der Waals surface area contributed by atoms with Crippen LogP contribution < -0.4 is 0 Å². The second kappa shape index (κ2) is 10.3. The van der Waals surface area contributed by atoms with Gasteiger partial charge in [-0.2, -0.15) is 4.98 Å². The molecular formula is C26H36N4O3. The van der Waals surface area contributed by atoms with Gasteiger partial charge < -0.3 is 14.2 Å². The summed E-state index contributed by atoms with van der Waals surface area (Å²) in [6.07, 6.45) is 6.36. The highest BCUT2D eigenvalue weighted by molar-refractivity contribution is 5.79. The molecule has 5 rings (SSSR count). The molecule has 2 atom stereocenters. The quantitative estimate of drug-likeness (QED) is 0.665. The Morgan fingerprint density at radius 1 is 1.06 bits per heavy atom. The number of piperidine rings is 1. The molecule has 33 heavy (non-hydrogen) atoms. The molecule has 1 saturated carbocycles. The Bertz CT molecular complexity index is 916. The van der Waals surface area contributed by atoms with Gasteiger partial charge in [-0.15, -0.1) is 0 Å². The molecule has 0 spiro atoms. The number of carbonyl (C=O) groups is 1. The Balaban J connectivity index is 1.34. The molecule has 2 aromatic rings. The number of morpholine rings is 1. The minimum atomic E-state index is 0.0749. The number of carbonyl (C=O) groups excluding carboxylic acids is 1. The van der Waals surface area contributed by atoms with Crippen molar-refractivity contribution in [2.24, 2.45) is 5.92 Å². The van der Waals surface area contributed by atoms with Crippen LogP contribution >= 0.6 is 0 Å². The third-order valence-corrected chi connectivity index (χ3v) is 7.63. The third-order valence-electron chi connectivity index (χ3n) is 7.63. The van der Waals surface area contributed by atoms with Crippen LogP contribution in [0.2, 0.25) is 0 Å². The van der Waals surface area contributed by atoms with Crippen LogP contribution in [0, 0.1) is 5.92 Å². The first kappa shape index (κ1) is 22.5. The van der Waals surface area contributed by atoms with Gasteiger partial charge in [0.05, 0.1) is 25.7 Å².